The summed E-state index contributed by atoms with van der Waals surface area (Å²) in [5.41, 5.74) is 1.93. The van der Waals surface area contributed by atoms with Crippen molar-refractivity contribution < 1.29 is 4.42 Å². The Kier molecular flexibility index (Phi) is 3.56. The van der Waals surface area contributed by atoms with Gasteiger partial charge in [-0.1, -0.05) is 15.9 Å². The molecule has 3 aromatic rings. The van der Waals surface area contributed by atoms with Crippen LogP contribution < -0.4 is 0 Å². The van der Waals surface area contributed by atoms with Crippen LogP contribution in [0.2, 0.25) is 0 Å². The number of alkyl halides is 1. The van der Waals surface area contributed by atoms with Crippen molar-refractivity contribution in [1.29, 1.82) is 0 Å². The van der Waals surface area contributed by atoms with Gasteiger partial charge in [-0.2, -0.15) is 0 Å². The minimum absolute atomic E-state index is 0.0522. The van der Waals surface area contributed by atoms with E-state index in [0.717, 1.165) is 27.1 Å². The summed E-state index contributed by atoms with van der Waals surface area (Å²) in [6.45, 7) is 3.92. The molecule has 1 atom stereocenters. The Morgan fingerprint density at radius 3 is 2.90 bits per heavy atom. The van der Waals surface area contributed by atoms with Gasteiger partial charge in [0, 0.05) is 4.47 Å². The molecule has 2 aromatic heterocycles. The average Bonchev–Trinajstić information content (AvgIpc) is 3.00. The zero-order valence-electron chi connectivity index (χ0n) is 11.1. The van der Waals surface area contributed by atoms with Crippen LogP contribution in [0.1, 0.15) is 30.4 Å². The Hall–Kier alpha value is -1.33. The molecule has 20 heavy (non-hydrogen) atoms. The van der Waals surface area contributed by atoms with E-state index in [1.807, 2.05) is 32.0 Å². The van der Waals surface area contributed by atoms with Crippen LogP contribution in [0.5, 0.6) is 0 Å². The molecule has 0 saturated carbocycles. The summed E-state index contributed by atoms with van der Waals surface area (Å²) in [6.07, 6.45) is 1.72. The largest absolute Gasteiger partial charge is 0.444 e. The maximum Gasteiger partial charge on any atom is 0.217 e. The second kappa shape index (κ2) is 5.22. The molecule has 6 heteroatoms. The summed E-state index contributed by atoms with van der Waals surface area (Å²) in [6, 6.07) is 5.94. The molecular weight excluding hydrogens is 342 g/mol. The minimum Gasteiger partial charge on any atom is -0.444 e. The van der Waals surface area contributed by atoms with Gasteiger partial charge in [0.05, 0.1) is 23.1 Å². The first-order valence-electron chi connectivity index (χ1n) is 6.25. The van der Waals surface area contributed by atoms with E-state index >= 15 is 0 Å². The normalized spacial score (nSPS) is 13.0. The molecule has 0 spiro atoms. The van der Waals surface area contributed by atoms with Crippen LogP contribution >= 0.6 is 27.5 Å². The predicted molar refractivity (Wildman–Crippen MR) is 82.0 cm³/mol. The number of fused-ring (bicyclic) bond motifs is 1. The van der Waals surface area contributed by atoms with E-state index in [0.29, 0.717) is 11.8 Å². The molecule has 0 fully saturated rings. The van der Waals surface area contributed by atoms with Crippen molar-refractivity contribution in [2.75, 3.05) is 0 Å². The van der Waals surface area contributed by atoms with Crippen molar-refractivity contribution in [3.8, 4) is 0 Å². The Bertz CT molecular complexity index is 765. The highest BCUT2D eigenvalue weighted by atomic mass is 79.9. The van der Waals surface area contributed by atoms with Gasteiger partial charge in [-0.3, -0.25) is 0 Å². The number of imidazole rings is 1. The van der Waals surface area contributed by atoms with Gasteiger partial charge in [0.15, 0.2) is 0 Å². The minimum atomic E-state index is -0.0522. The van der Waals surface area contributed by atoms with E-state index in [4.69, 9.17) is 16.0 Å². The molecule has 104 valence electrons. The molecule has 3 rings (SSSR count). The van der Waals surface area contributed by atoms with E-state index in [9.17, 15) is 0 Å². The van der Waals surface area contributed by atoms with E-state index in [2.05, 4.69) is 30.5 Å². The number of halogens is 2. The average molecular weight is 355 g/mol. The highest BCUT2D eigenvalue weighted by Crippen LogP contribution is 2.28. The SMILES string of the molecule is Cc1cnc(C(C)n2c(CCl)nc3cc(Br)ccc32)o1. The molecule has 0 aliphatic heterocycles. The molecule has 0 saturated heterocycles. The summed E-state index contributed by atoms with van der Waals surface area (Å²) in [5, 5.41) is 0. The molecule has 0 radical (unpaired) electrons. The molecule has 4 nitrogen and oxygen atoms in total. The summed E-state index contributed by atoms with van der Waals surface area (Å²) >= 11 is 9.49. The van der Waals surface area contributed by atoms with Gasteiger partial charge in [-0.05, 0) is 32.0 Å². The summed E-state index contributed by atoms with van der Waals surface area (Å²) in [7, 11) is 0. The monoisotopic (exact) mass is 353 g/mol. The lowest BCUT2D eigenvalue weighted by Crippen LogP contribution is -2.10. The first-order valence-corrected chi connectivity index (χ1v) is 7.57. The third kappa shape index (κ3) is 2.25. The van der Waals surface area contributed by atoms with Crippen LogP contribution in [-0.2, 0) is 5.88 Å². The van der Waals surface area contributed by atoms with Crippen LogP contribution in [0.15, 0.2) is 33.3 Å². The zero-order valence-corrected chi connectivity index (χ0v) is 13.4. The lowest BCUT2D eigenvalue weighted by molar-refractivity contribution is 0.415. The molecular formula is C14H13BrClN3O. The van der Waals surface area contributed by atoms with Gasteiger partial charge in [-0.25, -0.2) is 9.97 Å². The second-order valence-corrected chi connectivity index (χ2v) is 5.83. The first kappa shape index (κ1) is 13.6. The summed E-state index contributed by atoms with van der Waals surface area (Å²) < 4.78 is 8.69. The van der Waals surface area contributed by atoms with Crippen molar-refractivity contribution in [3.05, 3.63) is 46.3 Å². The second-order valence-electron chi connectivity index (χ2n) is 4.65. The number of oxazole rings is 1. The number of benzene rings is 1. The van der Waals surface area contributed by atoms with Gasteiger partial charge in [0.2, 0.25) is 5.89 Å². The lowest BCUT2D eigenvalue weighted by atomic mass is 10.2. The van der Waals surface area contributed by atoms with Crippen molar-refractivity contribution in [1.82, 2.24) is 14.5 Å². The zero-order chi connectivity index (χ0) is 14.3. The molecule has 0 bridgehead atoms. The number of hydrogen-bond acceptors (Lipinski definition) is 3. The van der Waals surface area contributed by atoms with Crippen molar-refractivity contribution >= 4 is 38.6 Å². The highest BCUT2D eigenvalue weighted by Gasteiger charge is 2.20. The van der Waals surface area contributed by atoms with Gasteiger partial charge >= 0.3 is 0 Å². The fourth-order valence-electron chi connectivity index (χ4n) is 2.32. The van der Waals surface area contributed by atoms with E-state index in [-0.39, 0.29) is 6.04 Å². The summed E-state index contributed by atoms with van der Waals surface area (Å²) in [5.74, 6) is 2.61. The van der Waals surface area contributed by atoms with Gasteiger partial charge in [0.25, 0.3) is 0 Å². The number of nitrogens with zero attached hydrogens (tertiary/aromatic N) is 3. The Morgan fingerprint density at radius 1 is 1.45 bits per heavy atom. The lowest BCUT2D eigenvalue weighted by Gasteiger charge is -2.13. The van der Waals surface area contributed by atoms with Crippen molar-refractivity contribution in [2.24, 2.45) is 0 Å². The fourth-order valence-corrected chi connectivity index (χ4v) is 2.86. The molecule has 2 heterocycles. The third-order valence-corrected chi connectivity index (χ3v) is 3.96. The molecule has 0 amide bonds. The molecule has 0 aliphatic rings. The molecule has 0 aliphatic carbocycles. The first-order chi connectivity index (χ1) is 9.60. The van der Waals surface area contributed by atoms with Gasteiger partial charge in [-0.15, -0.1) is 11.6 Å². The maximum absolute atomic E-state index is 6.03. The molecule has 0 N–H and O–H groups in total. The van der Waals surface area contributed by atoms with Gasteiger partial charge < -0.3 is 8.98 Å². The number of aryl methyl sites for hydroxylation is 1. The van der Waals surface area contributed by atoms with Crippen LogP contribution in [0.25, 0.3) is 11.0 Å². The van der Waals surface area contributed by atoms with Gasteiger partial charge in [0.1, 0.15) is 17.6 Å². The predicted octanol–water partition coefficient (Wildman–Crippen LogP) is 4.44. The third-order valence-electron chi connectivity index (χ3n) is 3.23. The Morgan fingerprint density at radius 2 is 2.25 bits per heavy atom. The van der Waals surface area contributed by atoms with Crippen LogP contribution in [-0.4, -0.2) is 14.5 Å². The van der Waals surface area contributed by atoms with Crippen LogP contribution in [0, 0.1) is 6.92 Å². The molecule has 1 unspecified atom stereocenters. The number of aromatic nitrogens is 3. The summed E-state index contributed by atoms with van der Waals surface area (Å²) in [4.78, 5) is 8.88. The molecule has 1 aromatic carbocycles. The quantitative estimate of drug-likeness (QED) is 0.653. The maximum atomic E-state index is 6.03. The number of rotatable bonds is 3. The van der Waals surface area contributed by atoms with E-state index in [1.54, 1.807) is 6.20 Å². The topological polar surface area (TPSA) is 43.9 Å². The Labute approximate surface area is 129 Å². The highest BCUT2D eigenvalue weighted by molar-refractivity contribution is 9.10. The fraction of sp³-hybridized carbons (Fsp3) is 0.286. The van der Waals surface area contributed by atoms with Crippen molar-refractivity contribution in [3.63, 3.8) is 0 Å². The standard InChI is InChI=1S/C14H13BrClN3O/c1-8-7-17-14(20-8)9(2)19-12-4-3-10(15)5-11(12)18-13(19)6-16/h3-5,7,9H,6H2,1-2H3. The number of hydrogen-bond donors (Lipinski definition) is 0. The van der Waals surface area contributed by atoms with Crippen LogP contribution in [0.4, 0.5) is 0 Å². The van der Waals surface area contributed by atoms with E-state index < -0.39 is 0 Å². The Balaban J connectivity index is 2.18. The smallest absolute Gasteiger partial charge is 0.217 e. The van der Waals surface area contributed by atoms with E-state index in [1.165, 1.54) is 0 Å². The van der Waals surface area contributed by atoms with Crippen LogP contribution in [0.3, 0.4) is 0 Å². The van der Waals surface area contributed by atoms with Crippen molar-refractivity contribution in [2.45, 2.75) is 25.8 Å².